The van der Waals surface area contributed by atoms with Gasteiger partial charge in [-0.3, -0.25) is 4.79 Å². The molecule has 0 unspecified atom stereocenters. The van der Waals surface area contributed by atoms with Gasteiger partial charge in [-0.2, -0.15) is 0 Å². The minimum Gasteiger partial charge on any atom is -0.508 e. The van der Waals surface area contributed by atoms with Crippen LogP contribution in [-0.4, -0.2) is 25.3 Å². The van der Waals surface area contributed by atoms with Crippen molar-refractivity contribution in [2.75, 3.05) is 5.73 Å². The lowest BCUT2D eigenvalue weighted by molar-refractivity contribution is 0.452. The van der Waals surface area contributed by atoms with Gasteiger partial charge in [0.05, 0.1) is 5.39 Å². The van der Waals surface area contributed by atoms with Crippen LogP contribution in [-0.2, 0) is 0 Å². The van der Waals surface area contributed by atoms with Crippen LogP contribution in [0.2, 0.25) is 0 Å². The summed E-state index contributed by atoms with van der Waals surface area (Å²) in [6.45, 7) is 0. The first-order valence-corrected chi connectivity index (χ1v) is 8.07. The van der Waals surface area contributed by atoms with Gasteiger partial charge in [-0.25, -0.2) is 4.98 Å². The zero-order chi connectivity index (χ0) is 19.1. The third-order valence-corrected chi connectivity index (χ3v) is 4.39. The molecular formula is C20H15N3O4. The van der Waals surface area contributed by atoms with Crippen LogP contribution >= 0.6 is 0 Å². The summed E-state index contributed by atoms with van der Waals surface area (Å²) in [6, 6.07) is 13.5. The topological polar surface area (TPSA) is 132 Å². The highest BCUT2D eigenvalue weighted by Gasteiger charge is 2.11. The van der Waals surface area contributed by atoms with Crippen molar-refractivity contribution in [2.45, 2.75) is 0 Å². The second-order valence-electron chi connectivity index (χ2n) is 6.12. The molecule has 2 aromatic heterocycles. The van der Waals surface area contributed by atoms with Crippen molar-refractivity contribution < 1.29 is 15.3 Å². The summed E-state index contributed by atoms with van der Waals surface area (Å²) >= 11 is 0. The van der Waals surface area contributed by atoms with Crippen LogP contribution in [0.15, 0.2) is 59.5 Å². The van der Waals surface area contributed by atoms with E-state index in [1.807, 2.05) is 24.3 Å². The number of pyridine rings is 2. The normalized spacial score (nSPS) is 11.0. The number of aromatic amines is 1. The molecule has 6 N–H and O–H groups in total. The van der Waals surface area contributed by atoms with Crippen molar-refractivity contribution in [3.05, 3.63) is 65.1 Å². The lowest BCUT2D eigenvalue weighted by Gasteiger charge is -2.08. The van der Waals surface area contributed by atoms with E-state index in [1.165, 1.54) is 12.1 Å². The Kier molecular flexibility index (Phi) is 3.70. The van der Waals surface area contributed by atoms with Crippen LogP contribution in [0, 0.1) is 0 Å². The smallest absolute Gasteiger partial charge is 0.276 e. The van der Waals surface area contributed by atoms with Crippen molar-refractivity contribution in [3.8, 4) is 39.5 Å². The Labute approximate surface area is 153 Å². The maximum Gasteiger partial charge on any atom is 0.276 e. The molecule has 27 heavy (non-hydrogen) atoms. The number of phenols is 2. The van der Waals surface area contributed by atoms with Crippen LogP contribution in [0.5, 0.6) is 17.2 Å². The number of hydrogen-bond donors (Lipinski definition) is 5. The third-order valence-electron chi connectivity index (χ3n) is 4.39. The number of nitrogens with zero attached hydrogens (tertiary/aromatic N) is 1. The predicted molar refractivity (Wildman–Crippen MR) is 103 cm³/mol. The molecule has 0 fully saturated rings. The standard InChI is InChI=1S/C20H15N3O4/c21-17-18(26)15-7-12(9-22-19(15)23-20(17)27)10-1-3-11(4-2-10)14-6-5-13(24)8-16(14)25/h1-9,24-25H,21H2,(H2,22,23,26,27). The molecule has 0 bridgehead atoms. The van der Waals surface area contributed by atoms with Crippen LogP contribution < -0.4 is 11.3 Å². The van der Waals surface area contributed by atoms with Gasteiger partial charge in [0.1, 0.15) is 22.8 Å². The van der Waals surface area contributed by atoms with E-state index >= 15 is 0 Å². The second kappa shape index (κ2) is 6.06. The van der Waals surface area contributed by atoms with Gasteiger partial charge in [0, 0.05) is 23.4 Å². The van der Waals surface area contributed by atoms with Gasteiger partial charge in [0.2, 0.25) is 0 Å². The quantitative estimate of drug-likeness (QED) is 0.373. The van der Waals surface area contributed by atoms with Crippen molar-refractivity contribution in [2.24, 2.45) is 0 Å². The first kappa shape index (κ1) is 16.5. The van der Waals surface area contributed by atoms with Gasteiger partial charge in [-0.05, 0) is 29.3 Å². The molecule has 0 aliphatic heterocycles. The largest absolute Gasteiger partial charge is 0.508 e. The molecule has 0 atom stereocenters. The molecule has 0 saturated carbocycles. The zero-order valence-electron chi connectivity index (χ0n) is 14.0. The first-order chi connectivity index (χ1) is 12.9. The van der Waals surface area contributed by atoms with Gasteiger partial charge in [-0.15, -0.1) is 0 Å². The van der Waals surface area contributed by atoms with Gasteiger partial charge in [-0.1, -0.05) is 24.3 Å². The molecule has 0 amide bonds. The van der Waals surface area contributed by atoms with Gasteiger partial charge >= 0.3 is 0 Å². The molecule has 7 nitrogen and oxygen atoms in total. The summed E-state index contributed by atoms with van der Waals surface area (Å²) in [5, 5.41) is 29.9. The van der Waals surface area contributed by atoms with E-state index in [-0.39, 0.29) is 28.6 Å². The third kappa shape index (κ3) is 2.81. The minimum atomic E-state index is -0.585. The number of phenolic OH excluding ortho intramolecular Hbond substituents is 2. The maximum absolute atomic E-state index is 11.6. The lowest BCUT2D eigenvalue weighted by atomic mass is 10.00. The fourth-order valence-corrected chi connectivity index (χ4v) is 2.94. The van der Waals surface area contributed by atoms with E-state index in [9.17, 15) is 20.1 Å². The van der Waals surface area contributed by atoms with Crippen molar-refractivity contribution >= 4 is 16.7 Å². The Bertz CT molecular complexity index is 1230. The number of fused-ring (bicyclic) bond motifs is 1. The van der Waals surface area contributed by atoms with Gasteiger partial charge < -0.3 is 26.0 Å². The van der Waals surface area contributed by atoms with Crippen LogP contribution in [0.3, 0.4) is 0 Å². The molecule has 2 heterocycles. The Morgan fingerprint density at radius 1 is 0.889 bits per heavy atom. The van der Waals surface area contributed by atoms with E-state index < -0.39 is 5.56 Å². The van der Waals surface area contributed by atoms with E-state index in [2.05, 4.69) is 9.97 Å². The summed E-state index contributed by atoms with van der Waals surface area (Å²) in [7, 11) is 0. The van der Waals surface area contributed by atoms with Crippen molar-refractivity contribution in [3.63, 3.8) is 0 Å². The zero-order valence-corrected chi connectivity index (χ0v) is 14.0. The second-order valence-corrected chi connectivity index (χ2v) is 6.12. The summed E-state index contributed by atoms with van der Waals surface area (Å²) in [5.41, 5.74) is 7.93. The highest BCUT2D eigenvalue weighted by molar-refractivity contribution is 5.90. The van der Waals surface area contributed by atoms with Gasteiger partial charge in [0.15, 0.2) is 5.75 Å². The Morgan fingerprint density at radius 3 is 2.30 bits per heavy atom. The molecule has 0 spiro atoms. The van der Waals surface area contributed by atoms with E-state index in [0.717, 1.165) is 16.7 Å². The van der Waals surface area contributed by atoms with Crippen LogP contribution in [0.1, 0.15) is 0 Å². The number of anilines is 1. The van der Waals surface area contributed by atoms with E-state index in [1.54, 1.807) is 18.3 Å². The molecule has 0 radical (unpaired) electrons. The lowest BCUT2D eigenvalue weighted by Crippen LogP contribution is -2.12. The molecule has 2 aromatic carbocycles. The number of aromatic hydroxyl groups is 3. The maximum atomic E-state index is 11.6. The number of H-pyrrole nitrogens is 1. The average molecular weight is 361 g/mol. The number of rotatable bonds is 2. The van der Waals surface area contributed by atoms with Crippen LogP contribution in [0.25, 0.3) is 33.3 Å². The SMILES string of the molecule is Nc1c(O)c2cc(-c3ccc(-c4ccc(O)cc4O)cc3)cnc2[nH]c1=O. The van der Waals surface area contributed by atoms with E-state index in [4.69, 9.17) is 5.73 Å². The summed E-state index contributed by atoms with van der Waals surface area (Å²) < 4.78 is 0. The Hall–Kier alpha value is -4.00. The highest BCUT2D eigenvalue weighted by atomic mass is 16.3. The molecule has 0 aliphatic carbocycles. The average Bonchev–Trinajstić information content (AvgIpc) is 2.66. The highest BCUT2D eigenvalue weighted by Crippen LogP contribution is 2.34. The number of hydrogen-bond acceptors (Lipinski definition) is 6. The molecule has 134 valence electrons. The van der Waals surface area contributed by atoms with Crippen molar-refractivity contribution in [1.82, 2.24) is 9.97 Å². The molecule has 4 rings (SSSR count). The molecule has 7 heteroatoms. The Morgan fingerprint density at radius 2 is 1.59 bits per heavy atom. The van der Waals surface area contributed by atoms with Gasteiger partial charge in [0.25, 0.3) is 5.56 Å². The first-order valence-electron chi connectivity index (χ1n) is 8.07. The molecule has 0 aliphatic rings. The summed E-state index contributed by atoms with van der Waals surface area (Å²) in [5.74, 6) is -0.319. The number of nitrogens with one attached hydrogen (secondary N) is 1. The van der Waals surface area contributed by atoms with Crippen LogP contribution in [0.4, 0.5) is 5.69 Å². The molecule has 4 aromatic rings. The number of nitrogen functional groups attached to an aromatic ring is 1. The fraction of sp³-hybridized carbons (Fsp3) is 0. The summed E-state index contributed by atoms with van der Waals surface area (Å²) in [6.07, 6.45) is 1.58. The predicted octanol–water partition coefficient (Wildman–Crippen LogP) is 2.96. The molecule has 0 saturated heterocycles. The number of aromatic nitrogens is 2. The monoisotopic (exact) mass is 361 g/mol. The van der Waals surface area contributed by atoms with E-state index in [0.29, 0.717) is 10.9 Å². The molecular weight excluding hydrogens is 346 g/mol. The van der Waals surface area contributed by atoms with Crippen molar-refractivity contribution in [1.29, 1.82) is 0 Å². The number of nitrogens with two attached hydrogens (primary N) is 1. The summed E-state index contributed by atoms with van der Waals surface area (Å²) in [4.78, 5) is 18.3. The fourth-order valence-electron chi connectivity index (χ4n) is 2.94. The number of benzene rings is 2. The minimum absolute atomic E-state index is 0.00719. The Balaban J connectivity index is 1.77.